The number of nitrogens with zero attached hydrogens (tertiary/aromatic N) is 3. The van der Waals surface area contributed by atoms with Crippen LogP contribution < -0.4 is 0 Å². The van der Waals surface area contributed by atoms with Crippen LogP contribution in [0.15, 0.2) is 101 Å². The SMILES string of the molecule is Cc1nc(Cn2c3ccccc3c3c4ccccc4c4sc5ccccc5c4c32)c2oc3ccccc3c2n1. The van der Waals surface area contributed by atoms with Crippen molar-refractivity contribution in [2.75, 3.05) is 0 Å². The maximum Gasteiger partial charge on any atom is 0.177 e. The summed E-state index contributed by atoms with van der Waals surface area (Å²) in [5.41, 5.74) is 5.83. The summed E-state index contributed by atoms with van der Waals surface area (Å²) < 4.78 is 11.5. The molecule has 9 aromatic rings. The monoisotopic (exact) mass is 519 g/mol. The third kappa shape index (κ3) is 2.83. The third-order valence-electron chi connectivity index (χ3n) is 7.95. The number of fused-ring (bicyclic) bond motifs is 13. The van der Waals surface area contributed by atoms with E-state index in [2.05, 4.69) is 83.4 Å². The molecule has 0 spiro atoms. The molecular weight excluding hydrogens is 498 g/mol. The fourth-order valence-corrected chi connectivity index (χ4v) is 7.64. The van der Waals surface area contributed by atoms with E-state index < -0.39 is 0 Å². The van der Waals surface area contributed by atoms with Gasteiger partial charge in [0.1, 0.15) is 22.6 Å². The van der Waals surface area contributed by atoms with E-state index in [0.717, 1.165) is 33.6 Å². The van der Waals surface area contributed by atoms with E-state index in [9.17, 15) is 0 Å². The van der Waals surface area contributed by atoms with Gasteiger partial charge in [-0.25, -0.2) is 9.97 Å². The molecule has 0 atom stereocenters. The zero-order valence-corrected chi connectivity index (χ0v) is 21.9. The minimum atomic E-state index is 0.585. The molecular formula is C34H21N3OS. The molecule has 184 valence electrons. The first kappa shape index (κ1) is 21.2. The molecule has 0 aliphatic rings. The topological polar surface area (TPSA) is 43.9 Å². The van der Waals surface area contributed by atoms with Crippen molar-refractivity contribution in [3.8, 4) is 0 Å². The second-order valence-corrected chi connectivity index (χ2v) is 11.2. The van der Waals surface area contributed by atoms with Crippen LogP contribution in [0.5, 0.6) is 0 Å². The minimum Gasteiger partial charge on any atom is -0.452 e. The average Bonchev–Trinajstić information content (AvgIpc) is 3.64. The number of benzene rings is 5. The lowest BCUT2D eigenvalue weighted by molar-refractivity contribution is 0.651. The van der Waals surface area contributed by atoms with Gasteiger partial charge in [-0.1, -0.05) is 72.8 Å². The Hall–Kier alpha value is -4.74. The van der Waals surface area contributed by atoms with Crippen molar-refractivity contribution in [3.05, 3.63) is 109 Å². The van der Waals surface area contributed by atoms with Crippen LogP contribution in [-0.4, -0.2) is 14.5 Å². The minimum absolute atomic E-state index is 0.585. The molecule has 5 aromatic carbocycles. The number of furan rings is 1. The lowest BCUT2D eigenvalue weighted by atomic mass is 10.00. The van der Waals surface area contributed by atoms with Crippen molar-refractivity contribution in [2.24, 2.45) is 0 Å². The van der Waals surface area contributed by atoms with Gasteiger partial charge < -0.3 is 8.98 Å². The van der Waals surface area contributed by atoms with Crippen LogP contribution in [0.2, 0.25) is 0 Å². The molecule has 0 radical (unpaired) electrons. The van der Waals surface area contributed by atoms with Crippen molar-refractivity contribution in [3.63, 3.8) is 0 Å². The van der Waals surface area contributed by atoms with E-state index in [0.29, 0.717) is 6.54 Å². The predicted octanol–water partition coefficient (Wildman–Crippen LogP) is 9.36. The third-order valence-corrected chi connectivity index (χ3v) is 9.16. The van der Waals surface area contributed by atoms with Crippen LogP contribution in [0.3, 0.4) is 0 Å². The van der Waals surface area contributed by atoms with Gasteiger partial charge >= 0.3 is 0 Å². The van der Waals surface area contributed by atoms with Gasteiger partial charge in [0.25, 0.3) is 0 Å². The normalized spacial score (nSPS) is 12.3. The Labute approximate surface area is 226 Å². The van der Waals surface area contributed by atoms with Crippen LogP contribution in [0.25, 0.3) is 74.8 Å². The molecule has 0 amide bonds. The lowest BCUT2D eigenvalue weighted by Gasteiger charge is -2.11. The molecule has 0 aliphatic heterocycles. The molecule has 0 N–H and O–H groups in total. The molecule has 39 heavy (non-hydrogen) atoms. The van der Waals surface area contributed by atoms with Crippen LogP contribution in [0.4, 0.5) is 0 Å². The highest BCUT2D eigenvalue weighted by atomic mass is 32.1. The molecule has 4 nitrogen and oxygen atoms in total. The van der Waals surface area contributed by atoms with Crippen molar-refractivity contribution in [2.45, 2.75) is 13.5 Å². The van der Waals surface area contributed by atoms with Crippen molar-refractivity contribution in [1.29, 1.82) is 0 Å². The maximum absolute atomic E-state index is 6.39. The van der Waals surface area contributed by atoms with Crippen molar-refractivity contribution < 1.29 is 4.42 Å². The molecule has 0 saturated carbocycles. The Morgan fingerprint density at radius 2 is 1.38 bits per heavy atom. The second kappa shape index (κ2) is 7.65. The number of aromatic nitrogens is 3. The highest BCUT2D eigenvalue weighted by molar-refractivity contribution is 7.27. The van der Waals surface area contributed by atoms with Crippen LogP contribution in [0.1, 0.15) is 11.5 Å². The van der Waals surface area contributed by atoms with E-state index in [4.69, 9.17) is 14.4 Å². The fourth-order valence-electron chi connectivity index (χ4n) is 6.40. The zero-order chi connectivity index (χ0) is 25.7. The maximum atomic E-state index is 6.39. The largest absolute Gasteiger partial charge is 0.452 e. The summed E-state index contributed by atoms with van der Waals surface area (Å²) in [5, 5.41) is 8.78. The molecule has 4 aromatic heterocycles. The summed E-state index contributed by atoms with van der Waals surface area (Å²) in [6.07, 6.45) is 0. The number of hydrogen-bond acceptors (Lipinski definition) is 4. The Morgan fingerprint density at radius 1 is 0.692 bits per heavy atom. The number of thiophene rings is 1. The van der Waals surface area contributed by atoms with Gasteiger partial charge in [-0.15, -0.1) is 11.3 Å². The smallest absolute Gasteiger partial charge is 0.177 e. The number of hydrogen-bond donors (Lipinski definition) is 0. The van der Waals surface area contributed by atoms with Gasteiger partial charge in [-0.05, 0) is 36.6 Å². The average molecular weight is 520 g/mol. The van der Waals surface area contributed by atoms with Gasteiger partial charge in [-0.3, -0.25) is 0 Å². The first-order valence-electron chi connectivity index (χ1n) is 13.1. The predicted molar refractivity (Wildman–Crippen MR) is 163 cm³/mol. The summed E-state index contributed by atoms with van der Waals surface area (Å²) in [6.45, 7) is 2.55. The summed E-state index contributed by atoms with van der Waals surface area (Å²) in [6, 6.07) is 34.5. The van der Waals surface area contributed by atoms with Gasteiger partial charge in [0, 0.05) is 47.2 Å². The van der Waals surface area contributed by atoms with Crippen molar-refractivity contribution in [1.82, 2.24) is 14.5 Å². The summed E-state index contributed by atoms with van der Waals surface area (Å²) in [5.74, 6) is 0.751. The van der Waals surface area contributed by atoms with Crippen LogP contribution in [0, 0.1) is 6.92 Å². The summed E-state index contributed by atoms with van der Waals surface area (Å²) >= 11 is 1.88. The van der Waals surface area contributed by atoms with Gasteiger partial charge in [0.05, 0.1) is 12.1 Å². The fraction of sp³-hybridized carbons (Fsp3) is 0.0588. The Morgan fingerprint density at radius 3 is 2.26 bits per heavy atom. The van der Waals surface area contributed by atoms with Crippen LogP contribution in [-0.2, 0) is 6.54 Å². The molecule has 0 unspecified atom stereocenters. The number of aryl methyl sites for hydroxylation is 1. The van der Waals surface area contributed by atoms with E-state index in [1.807, 2.05) is 36.5 Å². The molecule has 0 aliphatic carbocycles. The Balaban J connectivity index is 1.48. The Kier molecular flexibility index (Phi) is 4.16. The standard InChI is InChI=1S/C34H21N3OS/c1-19-35-25(33-31(36-19)23-13-5-8-16-27(23)38-33)18-37-26-15-7-4-12-22(26)29-20-10-2-3-11-21(20)34-30(32(29)37)24-14-6-9-17-28(24)39-34/h2-17H,18H2,1H3. The number of rotatable bonds is 2. The van der Waals surface area contributed by atoms with Gasteiger partial charge in [-0.2, -0.15) is 0 Å². The van der Waals surface area contributed by atoms with E-state index in [1.165, 1.54) is 52.8 Å². The number of para-hydroxylation sites is 2. The molecule has 9 rings (SSSR count). The molecule has 5 heteroatoms. The van der Waals surface area contributed by atoms with E-state index in [-0.39, 0.29) is 0 Å². The van der Waals surface area contributed by atoms with Gasteiger partial charge in [0.15, 0.2) is 5.58 Å². The molecule has 0 saturated heterocycles. The zero-order valence-electron chi connectivity index (χ0n) is 21.1. The lowest BCUT2D eigenvalue weighted by Crippen LogP contribution is -2.04. The van der Waals surface area contributed by atoms with Crippen molar-refractivity contribution >= 4 is 86.2 Å². The molecule has 4 heterocycles. The van der Waals surface area contributed by atoms with E-state index >= 15 is 0 Å². The summed E-state index contributed by atoms with van der Waals surface area (Å²) in [4.78, 5) is 9.74. The highest BCUT2D eigenvalue weighted by Crippen LogP contribution is 2.47. The first-order valence-corrected chi connectivity index (χ1v) is 14.0. The quantitative estimate of drug-likeness (QED) is 0.228. The molecule has 0 fully saturated rings. The molecule has 0 bridgehead atoms. The first-order chi connectivity index (χ1) is 19.3. The Bertz CT molecular complexity index is 2440. The highest BCUT2D eigenvalue weighted by Gasteiger charge is 2.22. The van der Waals surface area contributed by atoms with Crippen LogP contribution >= 0.6 is 11.3 Å². The summed E-state index contributed by atoms with van der Waals surface area (Å²) in [7, 11) is 0. The van der Waals surface area contributed by atoms with E-state index in [1.54, 1.807) is 0 Å². The van der Waals surface area contributed by atoms with Gasteiger partial charge in [0.2, 0.25) is 0 Å². The second-order valence-electron chi connectivity index (χ2n) is 10.2.